The Balaban J connectivity index is 2.59. The Morgan fingerprint density at radius 3 is 2.28 bits per heavy atom. The summed E-state index contributed by atoms with van der Waals surface area (Å²) in [7, 11) is -3.16. The Hall–Kier alpha value is -0.910. The minimum absolute atomic E-state index is 0.0139. The lowest BCUT2D eigenvalue weighted by atomic mass is 10.1. The van der Waals surface area contributed by atoms with Gasteiger partial charge in [0, 0.05) is 0 Å². The molecule has 1 aromatic carbocycles. The van der Waals surface area contributed by atoms with Gasteiger partial charge in [0.15, 0.2) is 9.84 Å². The standard InChI is InChI=1S/C13H20O4S/c1-11-7-12(2)9-13(8-11)10-18(15,16)6-5-17-4-3-14/h7-9,14H,3-6,10H2,1-2H3. The largest absolute Gasteiger partial charge is 0.394 e. The SMILES string of the molecule is Cc1cc(C)cc(CS(=O)(=O)CCOCCO)c1. The van der Waals surface area contributed by atoms with Crippen molar-refractivity contribution in [1.29, 1.82) is 0 Å². The van der Waals surface area contributed by atoms with E-state index in [1.807, 2.05) is 32.0 Å². The van der Waals surface area contributed by atoms with Crippen LogP contribution in [-0.4, -0.2) is 39.1 Å². The lowest BCUT2D eigenvalue weighted by molar-refractivity contribution is 0.103. The smallest absolute Gasteiger partial charge is 0.156 e. The molecule has 0 fully saturated rings. The van der Waals surface area contributed by atoms with Gasteiger partial charge in [-0.15, -0.1) is 0 Å². The van der Waals surface area contributed by atoms with E-state index in [1.165, 1.54) is 0 Å². The minimum atomic E-state index is -3.16. The molecule has 0 aliphatic rings. The predicted octanol–water partition coefficient (Wildman–Crippen LogP) is 1.23. The highest BCUT2D eigenvalue weighted by atomic mass is 32.2. The number of ether oxygens (including phenoxy) is 1. The molecule has 0 saturated carbocycles. The van der Waals surface area contributed by atoms with Crippen molar-refractivity contribution >= 4 is 9.84 Å². The van der Waals surface area contributed by atoms with Crippen molar-refractivity contribution in [3.05, 3.63) is 34.9 Å². The van der Waals surface area contributed by atoms with E-state index in [0.29, 0.717) is 0 Å². The molecule has 5 heteroatoms. The van der Waals surface area contributed by atoms with E-state index in [2.05, 4.69) is 0 Å². The molecule has 0 aliphatic carbocycles. The molecule has 0 spiro atoms. The number of aryl methyl sites for hydroxylation is 2. The van der Waals surface area contributed by atoms with Gasteiger partial charge in [-0.2, -0.15) is 0 Å². The first kappa shape index (κ1) is 15.1. The second kappa shape index (κ2) is 6.87. The number of rotatable bonds is 7. The monoisotopic (exact) mass is 272 g/mol. The molecule has 0 aromatic heterocycles. The summed E-state index contributed by atoms with van der Waals surface area (Å²) in [6.07, 6.45) is 0. The Morgan fingerprint density at radius 2 is 1.72 bits per heavy atom. The molecule has 4 nitrogen and oxygen atoms in total. The Kier molecular flexibility index (Phi) is 5.78. The number of aliphatic hydroxyl groups excluding tert-OH is 1. The van der Waals surface area contributed by atoms with E-state index >= 15 is 0 Å². The van der Waals surface area contributed by atoms with Crippen molar-refractivity contribution < 1.29 is 18.3 Å². The molecule has 0 radical (unpaired) electrons. The number of benzene rings is 1. The van der Waals surface area contributed by atoms with Crippen LogP contribution in [0.2, 0.25) is 0 Å². The maximum Gasteiger partial charge on any atom is 0.156 e. The summed E-state index contributed by atoms with van der Waals surface area (Å²) in [6, 6.07) is 5.79. The molecule has 18 heavy (non-hydrogen) atoms. The van der Waals surface area contributed by atoms with Gasteiger partial charge in [-0.3, -0.25) is 0 Å². The topological polar surface area (TPSA) is 63.6 Å². The first-order valence-corrected chi connectivity index (χ1v) is 7.71. The van der Waals surface area contributed by atoms with Crippen molar-refractivity contribution in [3.63, 3.8) is 0 Å². The van der Waals surface area contributed by atoms with Crippen LogP contribution in [0.5, 0.6) is 0 Å². The molecule has 0 bridgehead atoms. The third kappa shape index (κ3) is 5.62. The molecular weight excluding hydrogens is 252 g/mol. The van der Waals surface area contributed by atoms with E-state index in [9.17, 15) is 8.42 Å². The van der Waals surface area contributed by atoms with Crippen molar-refractivity contribution in [2.24, 2.45) is 0 Å². The second-order valence-corrected chi connectivity index (χ2v) is 6.61. The van der Waals surface area contributed by atoms with E-state index in [-0.39, 0.29) is 31.3 Å². The average molecular weight is 272 g/mol. The van der Waals surface area contributed by atoms with Crippen LogP contribution in [-0.2, 0) is 20.3 Å². The molecule has 0 amide bonds. The maximum absolute atomic E-state index is 11.8. The highest BCUT2D eigenvalue weighted by Gasteiger charge is 2.12. The summed E-state index contributed by atoms with van der Waals surface area (Å²) in [5, 5.41) is 8.52. The van der Waals surface area contributed by atoms with Gasteiger partial charge in [-0.1, -0.05) is 29.3 Å². The molecule has 1 aromatic rings. The fraction of sp³-hybridized carbons (Fsp3) is 0.538. The van der Waals surface area contributed by atoms with Crippen LogP contribution < -0.4 is 0 Å². The molecule has 102 valence electrons. The van der Waals surface area contributed by atoms with Crippen molar-refractivity contribution in [3.8, 4) is 0 Å². The van der Waals surface area contributed by atoms with Gasteiger partial charge in [0.25, 0.3) is 0 Å². The molecule has 0 aliphatic heterocycles. The van der Waals surface area contributed by atoms with E-state index < -0.39 is 9.84 Å². The number of hydrogen-bond acceptors (Lipinski definition) is 4. The summed E-state index contributed by atoms with van der Waals surface area (Å²) in [5.41, 5.74) is 2.95. The van der Waals surface area contributed by atoms with Crippen LogP contribution in [0.3, 0.4) is 0 Å². The summed E-state index contributed by atoms with van der Waals surface area (Å²) >= 11 is 0. The summed E-state index contributed by atoms with van der Waals surface area (Å²) in [5.74, 6) is 0.0258. The molecule has 1 N–H and O–H groups in total. The van der Waals surface area contributed by atoms with Gasteiger partial charge in [0.05, 0.1) is 31.3 Å². The first-order chi connectivity index (χ1) is 8.43. The highest BCUT2D eigenvalue weighted by Crippen LogP contribution is 2.12. The van der Waals surface area contributed by atoms with E-state index in [1.54, 1.807) is 0 Å². The molecule has 0 unspecified atom stereocenters. The third-order valence-electron chi connectivity index (χ3n) is 2.44. The summed E-state index contributed by atoms with van der Waals surface area (Å²) < 4.78 is 28.7. The fourth-order valence-corrected chi connectivity index (χ4v) is 3.02. The van der Waals surface area contributed by atoms with Gasteiger partial charge in [-0.25, -0.2) is 8.42 Å². The van der Waals surface area contributed by atoms with Crippen LogP contribution in [0.4, 0.5) is 0 Å². The van der Waals surface area contributed by atoms with Crippen molar-refractivity contribution in [1.82, 2.24) is 0 Å². The quantitative estimate of drug-likeness (QED) is 0.758. The second-order valence-electron chi connectivity index (χ2n) is 4.42. The zero-order valence-corrected chi connectivity index (χ0v) is 11.7. The molecule has 0 heterocycles. The average Bonchev–Trinajstić information content (AvgIpc) is 2.22. The Bertz CT molecular complexity index is 460. The van der Waals surface area contributed by atoms with Crippen molar-refractivity contribution in [2.75, 3.05) is 25.6 Å². The lowest BCUT2D eigenvalue weighted by Crippen LogP contribution is -2.15. The number of sulfone groups is 1. The zero-order chi connectivity index (χ0) is 13.6. The lowest BCUT2D eigenvalue weighted by Gasteiger charge is -2.07. The number of hydrogen-bond donors (Lipinski definition) is 1. The Morgan fingerprint density at radius 1 is 1.11 bits per heavy atom. The molecule has 0 atom stereocenters. The Labute approximate surface area is 109 Å². The number of aliphatic hydroxyl groups is 1. The van der Waals surface area contributed by atoms with Gasteiger partial charge < -0.3 is 9.84 Å². The van der Waals surface area contributed by atoms with Crippen molar-refractivity contribution in [2.45, 2.75) is 19.6 Å². The maximum atomic E-state index is 11.8. The van der Waals surface area contributed by atoms with Crippen LogP contribution in [0.15, 0.2) is 18.2 Å². The highest BCUT2D eigenvalue weighted by molar-refractivity contribution is 7.90. The predicted molar refractivity (Wildman–Crippen MR) is 71.3 cm³/mol. The molecule has 1 rings (SSSR count). The van der Waals surface area contributed by atoms with Crippen LogP contribution >= 0.6 is 0 Å². The first-order valence-electron chi connectivity index (χ1n) is 5.89. The molecule has 0 saturated heterocycles. The summed E-state index contributed by atoms with van der Waals surface area (Å²) in [6.45, 7) is 4.13. The van der Waals surface area contributed by atoms with E-state index in [4.69, 9.17) is 9.84 Å². The third-order valence-corrected chi connectivity index (χ3v) is 4.00. The zero-order valence-electron chi connectivity index (χ0n) is 10.8. The normalized spacial score (nSPS) is 11.7. The summed E-state index contributed by atoms with van der Waals surface area (Å²) in [4.78, 5) is 0. The van der Waals surface area contributed by atoms with Crippen LogP contribution in [0.1, 0.15) is 16.7 Å². The van der Waals surface area contributed by atoms with Gasteiger partial charge >= 0.3 is 0 Å². The van der Waals surface area contributed by atoms with E-state index in [0.717, 1.165) is 16.7 Å². The van der Waals surface area contributed by atoms with Gasteiger partial charge in [-0.05, 0) is 19.4 Å². The fourth-order valence-electron chi connectivity index (χ4n) is 1.83. The van der Waals surface area contributed by atoms with Gasteiger partial charge in [0.1, 0.15) is 0 Å². The van der Waals surface area contributed by atoms with Crippen LogP contribution in [0.25, 0.3) is 0 Å². The minimum Gasteiger partial charge on any atom is -0.394 e. The van der Waals surface area contributed by atoms with Gasteiger partial charge in [0.2, 0.25) is 0 Å². The molecular formula is C13H20O4S. The van der Waals surface area contributed by atoms with Crippen LogP contribution in [0, 0.1) is 13.8 Å².